The molecule has 0 unspecified atom stereocenters. The van der Waals surface area contributed by atoms with Gasteiger partial charge in [-0.1, -0.05) is 18.2 Å². The number of hydrogen-bond acceptors (Lipinski definition) is 5. The van der Waals surface area contributed by atoms with Crippen molar-refractivity contribution in [1.29, 1.82) is 0 Å². The van der Waals surface area contributed by atoms with Gasteiger partial charge in [0.15, 0.2) is 5.13 Å². The molecule has 2 aromatic rings. The summed E-state index contributed by atoms with van der Waals surface area (Å²) in [5, 5.41) is 4.18. The van der Waals surface area contributed by atoms with Crippen LogP contribution in [0.3, 0.4) is 0 Å². The van der Waals surface area contributed by atoms with E-state index in [1.54, 1.807) is 11.3 Å². The van der Waals surface area contributed by atoms with Crippen LogP contribution in [0.2, 0.25) is 0 Å². The number of thiazole rings is 1. The van der Waals surface area contributed by atoms with Crippen molar-refractivity contribution in [3.8, 4) is 0 Å². The largest absolute Gasteiger partial charge is 0.369 e. The fraction of sp³-hybridized carbons (Fsp3) is 0.500. The van der Waals surface area contributed by atoms with Gasteiger partial charge < -0.3 is 10.2 Å². The van der Waals surface area contributed by atoms with E-state index >= 15 is 0 Å². The first-order valence-electron chi connectivity index (χ1n) is 8.42. The highest BCUT2D eigenvalue weighted by molar-refractivity contribution is 7.15. The fourth-order valence-corrected chi connectivity index (χ4v) is 4.06. The summed E-state index contributed by atoms with van der Waals surface area (Å²) >= 11 is 1.79. The maximum Gasteiger partial charge on any atom is 0.182 e. The quantitative estimate of drug-likeness (QED) is 0.881. The molecule has 0 aliphatic carbocycles. The lowest BCUT2D eigenvalue weighted by Gasteiger charge is -2.36. The zero-order valence-corrected chi connectivity index (χ0v) is 14.9. The molecule has 23 heavy (non-hydrogen) atoms. The number of rotatable bonds is 6. The highest BCUT2D eigenvalue weighted by Crippen LogP contribution is 2.23. The third-order valence-electron chi connectivity index (χ3n) is 4.48. The van der Waals surface area contributed by atoms with Gasteiger partial charge >= 0.3 is 0 Å². The second-order valence-electron chi connectivity index (χ2n) is 6.05. The molecule has 124 valence electrons. The first-order chi connectivity index (χ1) is 11.3. The normalized spacial score (nSPS) is 15.8. The summed E-state index contributed by atoms with van der Waals surface area (Å²) in [7, 11) is 1.94. The van der Waals surface area contributed by atoms with Crippen molar-refractivity contribution in [2.24, 2.45) is 0 Å². The number of aryl methyl sites for hydroxylation is 2. The van der Waals surface area contributed by atoms with Gasteiger partial charge in [-0.15, -0.1) is 11.3 Å². The topological polar surface area (TPSA) is 31.4 Å². The summed E-state index contributed by atoms with van der Waals surface area (Å²) < 4.78 is 0. The van der Waals surface area contributed by atoms with E-state index in [9.17, 15) is 0 Å². The first-order valence-corrected chi connectivity index (χ1v) is 9.24. The zero-order valence-electron chi connectivity index (χ0n) is 14.1. The van der Waals surface area contributed by atoms with Gasteiger partial charge in [-0.05, 0) is 38.4 Å². The monoisotopic (exact) mass is 330 g/mol. The molecule has 0 saturated carbocycles. The number of aromatic nitrogens is 1. The van der Waals surface area contributed by atoms with Crippen LogP contribution in [-0.4, -0.2) is 49.7 Å². The Hall–Kier alpha value is -1.59. The Kier molecular flexibility index (Phi) is 5.51. The van der Waals surface area contributed by atoms with Crippen LogP contribution in [0.1, 0.15) is 17.0 Å². The Morgan fingerprint density at radius 2 is 1.87 bits per heavy atom. The summed E-state index contributed by atoms with van der Waals surface area (Å²) in [6.07, 6.45) is 2.36. The van der Waals surface area contributed by atoms with Gasteiger partial charge in [-0.25, -0.2) is 4.98 Å². The number of anilines is 2. The van der Waals surface area contributed by atoms with Crippen LogP contribution in [-0.2, 0) is 6.42 Å². The molecule has 1 aliphatic rings. The first kappa shape index (κ1) is 16.3. The molecular weight excluding hydrogens is 304 g/mol. The van der Waals surface area contributed by atoms with Crippen LogP contribution in [0.5, 0.6) is 0 Å². The van der Waals surface area contributed by atoms with E-state index in [4.69, 9.17) is 0 Å². The Morgan fingerprint density at radius 1 is 1.13 bits per heavy atom. The lowest BCUT2D eigenvalue weighted by atomic mass is 10.2. The number of piperazine rings is 1. The number of hydrogen-bond donors (Lipinski definition) is 1. The van der Waals surface area contributed by atoms with Gasteiger partial charge in [-0.3, -0.25) is 4.90 Å². The lowest BCUT2D eigenvalue weighted by Crippen LogP contribution is -2.46. The second kappa shape index (κ2) is 7.79. The van der Waals surface area contributed by atoms with Crippen molar-refractivity contribution in [2.75, 3.05) is 50.0 Å². The molecule has 0 bridgehead atoms. The van der Waals surface area contributed by atoms with E-state index in [1.165, 1.54) is 42.3 Å². The number of nitrogens with zero attached hydrogens (tertiary/aromatic N) is 3. The van der Waals surface area contributed by atoms with E-state index in [-0.39, 0.29) is 0 Å². The van der Waals surface area contributed by atoms with Crippen LogP contribution >= 0.6 is 11.3 Å². The molecule has 1 aliphatic heterocycles. The standard InChI is InChI=1S/C18H26N4S/c1-15-17(23-18(19-2)20-15)9-6-10-21-11-13-22(14-12-21)16-7-4-3-5-8-16/h3-5,7-8H,6,9-14H2,1-2H3,(H,19,20). The molecule has 4 nitrogen and oxygen atoms in total. The van der Waals surface area contributed by atoms with Crippen molar-refractivity contribution in [3.05, 3.63) is 40.9 Å². The molecule has 1 saturated heterocycles. The summed E-state index contributed by atoms with van der Waals surface area (Å²) in [5.41, 5.74) is 2.54. The maximum absolute atomic E-state index is 4.53. The minimum absolute atomic E-state index is 1.04. The highest BCUT2D eigenvalue weighted by Gasteiger charge is 2.16. The average Bonchev–Trinajstić information content (AvgIpc) is 2.96. The van der Waals surface area contributed by atoms with Gasteiger partial charge in [-0.2, -0.15) is 0 Å². The van der Waals surface area contributed by atoms with Crippen molar-refractivity contribution in [2.45, 2.75) is 19.8 Å². The summed E-state index contributed by atoms with van der Waals surface area (Å²) in [6, 6.07) is 10.8. The van der Waals surface area contributed by atoms with Crippen LogP contribution < -0.4 is 10.2 Å². The van der Waals surface area contributed by atoms with Crippen LogP contribution in [0.15, 0.2) is 30.3 Å². The smallest absolute Gasteiger partial charge is 0.182 e. The second-order valence-corrected chi connectivity index (χ2v) is 7.13. The van der Waals surface area contributed by atoms with E-state index in [2.05, 4.69) is 57.4 Å². The predicted molar refractivity (Wildman–Crippen MR) is 99.8 cm³/mol. The van der Waals surface area contributed by atoms with E-state index in [0.717, 1.165) is 24.6 Å². The van der Waals surface area contributed by atoms with Crippen LogP contribution in [0, 0.1) is 6.92 Å². The van der Waals surface area contributed by atoms with E-state index in [1.807, 2.05) is 7.05 Å². The van der Waals surface area contributed by atoms with Crippen molar-refractivity contribution < 1.29 is 0 Å². The number of para-hydroxylation sites is 1. The highest BCUT2D eigenvalue weighted by atomic mass is 32.1. The van der Waals surface area contributed by atoms with Gasteiger partial charge in [0.1, 0.15) is 0 Å². The summed E-state index contributed by atoms with van der Waals surface area (Å²) in [4.78, 5) is 11.0. The molecule has 0 amide bonds. The zero-order chi connectivity index (χ0) is 16.1. The Morgan fingerprint density at radius 3 is 2.52 bits per heavy atom. The molecule has 0 spiro atoms. The minimum atomic E-state index is 1.04. The molecule has 3 rings (SSSR count). The Bertz CT molecular complexity index is 603. The Balaban J connectivity index is 1.41. The maximum atomic E-state index is 4.53. The molecule has 1 aromatic carbocycles. The molecule has 1 aromatic heterocycles. The molecule has 1 fully saturated rings. The fourth-order valence-electron chi connectivity index (χ4n) is 3.10. The minimum Gasteiger partial charge on any atom is -0.369 e. The van der Waals surface area contributed by atoms with Crippen molar-refractivity contribution in [1.82, 2.24) is 9.88 Å². The van der Waals surface area contributed by atoms with Crippen LogP contribution in [0.4, 0.5) is 10.8 Å². The molecule has 0 radical (unpaired) electrons. The SMILES string of the molecule is CNc1nc(C)c(CCCN2CCN(c3ccccc3)CC2)s1. The summed E-state index contributed by atoms with van der Waals surface area (Å²) in [6.45, 7) is 7.90. The Labute approximate surface area is 143 Å². The van der Waals surface area contributed by atoms with Gasteiger partial charge in [0.05, 0.1) is 5.69 Å². The molecular formula is C18H26N4S. The molecule has 5 heteroatoms. The van der Waals surface area contributed by atoms with E-state index < -0.39 is 0 Å². The molecule has 1 N–H and O–H groups in total. The third kappa shape index (κ3) is 4.24. The van der Waals surface area contributed by atoms with Crippen molar-refractivity contribution >= 4 is 22.2 Å². The average molecular weight is 331 g/mol. The third-order valence-corrected chi connectivity index (χ3v) is 5.71. The van der Waals surface area contributed by atoms with E-state index in [0.29, 0.717) is 0 Å². The predicted octanol–water partition coefficient (Wildman–Crippen LogP) is 3.25. The van der Waals surface area contributed by atoms with Gasteiger partial charge in [0, 0.05) is 43.8 Å². The summed E-state index contributed by atoms with van der Waals surface area (Å²) in [5.74, 6) is 0. The number of nitrogens with one attached hydrogen (secondary N) is 1. The van der Waals surface area contributed by atoms with Gasteiger partial charge in [0.25, 0.3) is 0 Å². The van der Waals surface area contributed by atoms with Crippen LogP contribution in [0.25, 0.3) is 0 Å². The molecule has 0 atom stereocenters. The lowest BCUT2D eigenvalue weighted by molar-refractivity contribution is 0.255. The molecule has 2 heterocycles. The van der Waals surface area contributed by atoms with Crippen molar-refractivity contribution in [3.63, 3.8) is 0 Å². The number of benzene rings is 1. The van der Waals surface area contributed by atoms with Gasteiger partial charge in [0.2, 0.25) is 0 Å².